The van der Waals surface area contributed by atoms with Crippen molar-refractivity contribution in [3.05, 3.63) is 12.7 Å². The Bertz CT molecular complexity index is 624. The van der Waals surface area contributed by atoms with E-state index < -0.39 is 0 Å². The normalized spacial score (nSPS) is 22.8. The lowest BCUT2D eigenvalue weighted by molar-refractivity contribution is -0.145. The van der Waals surface area contributed by atoms with Gasteiger partial charge >= 0.3 is 5.97 Å². The van der Waals surface area contributed by atoms with Gasteiger partial charge in [-0.3, -0.25) is 4.79 Å². The number of nitrogens with two attached hydrogens (primary N) is 1. The molecule has 0 radical (unpaired) electrons. The molecule has 100 valence electrons. The van der Waals surface area contributed by atoms with Gasteiger partial charge in [0.1, 0.15) is 11.8 Å². The van der Waals surface area contributed by atoms with E-state index in [1.54, 1.807) is 6.33 Å². The molecule has 0 spiro atoms. The first kappa shape index (κ1) is 11.9. The molecule has 1 fully saturated rings. The van der Waals surface area contributed by atoms with Crippen molar-refractivity contribution in [1.82, 2.24) is 19.5 Å². The van der Waals surface area contributed by atoms with Crippen LogP contribution in [0.25, 0.3) is 11.2 Å². The number of esters is 1. The molecule has 2 aromatic rings. The van der Waals surface area contributed by atoms with E-state index in [4.69, 9.17) is 10.5 Å². The molecule has 19 heavy (non-hydrogen) atoms. The summed E-state index contributed by atoms with van der Waals surface area (Å²) in [5.74, 6) is 0.207. The monoisotopic (exact) mass is 261 g/mol. The second kappa shape index (κ2) is 4.49. The van der Waals surface area contributed by atoms with Gasteiger partial charge in [0, 0.05) is 6.04 Å². The van der Waals surface area contributed by atoms with Crippen LogP contribution in [-0.4, -0.2) is 32.6 Å². The molecule has 1 saturated carbocycles. The highest BCUT2D eigenvalue weighted by Gasteiger charge is 2.32. The zero-order chi connectivity index (χ0) is 13.4. The molecule has 2 heterocycles. The van der Waals surface area contributed by atoms with Crippen LogP contribution in [0.15, 0.2) is 12.7 Å². The summed E-state index contributed by atoms with van der Waals surface area (Å²) in [4.78, 5) is 24.0. The molecule has 0 aliphatic heterocycles. The number of methoxy groups -OCH3 is 1. The Morgan fingerprint density at radius 2 is 2.26 bits per heavy atom. The predicted molar refractivity (Wildman–Crippen MR) is 68.1 cm³/mol. The molecule has 0 aromatic carbocycles. The maximum Gasteiger partial charge on any atom is 0.308 e. The number of aromatic nitrogens is 4. The Hall–Kier alpha value is -2.18. The molecular formula is C12H15N5O2. The van der Waals surface area contributed by atoms with Crippen LogP contribution < -0.4 is 5.73 Å². The number of imidazole rings is 1. The third kappa shape index (κ3) is 1.91. The van der Waals surface area contributed by atoms with Gasteiger partial charge in [0.25, 0.3) is 0 Å². The zero-order valence-electron chi connectivity index (χ0n) is 10.6. The van der Waals surface area contributed by atoms with E-state index in [1.807, 2.05) is 4.57 Å². The number of anilines is 1. The minimum absolute atomic E-state index is 0.0355. The second-order valence-electron chi connectivity index (χ2n) is 4.77. The van der Waals surface area contributed by atoms with Gasteiger partial charge in [-0.25, -0.2) is 15.0 Å². The lowest BCUT2D eigenvalue weighted by Crippen LogP contribution is -2.13. The maximum atomic E-state index is 11.6. The van der Waals surface area contributed by atoms with Crippen molar-refractivity contribution in [3.63, 3.8) is 0 Å². The van der Waals surface area contributed by atoms with Gasteiger partial charge in [-0.15, -0.1) is 0 Å². The molecular weight excluding hydrogens is 246 g/mol. The summed E-state index contributed by atoms with van der Waals surface area (Å²) >= 11 is 0. The average molecular weight is 261 g/mol. The molecule has 1 aliphatic carbocycles. The van der Waals surface area contributed by atoms with Crippen molar-refractivity contribution in [2.75, 3.05) is 12.8 Å². The van der Waals surface area contributed by atoms with E-state index in [0.29, 0.717) is 11.3 Å². The van der Waals surface area contributed by atoms with Gasteiger partial charge in [-0.2, -0.15) is 0 Å². The van der Waals surface area contributed by atoms with Crippen molar-refractivity contribution in [1.29, 1.82) is 0 Å². The van der Waals surface area contributed by atoms with E-state index in [2.05, 4.69) is 15.0 Å². The van der Waals surface area contributed by atoms with Gasteiger partial charge in [-0.1, -0.05) is 0 Å². The Kier molecular flexibility index (Phi) is 2.81. The predicted octanol–water partition coefficient (Wildman–Crippen LogP) is 0.923. The molecule has 2 atom stereocenters. The number of hydrogen-bond donors (Lipinski definition) is 1. The lowest BCUT2D eigenvalue weighted by atomic mass is 10.1. The van der Waals surface area contributed by atoms with Crippen molar-refractivity contribution in [2.45, 2.75) is 25.3 Å². The number of hydrogen-bond acceptors (Lipinski definition) is 6. The summed E-state index contributed by atoms with van der Waals surface area (Å²) in [6, 6.07) is 0.211. The number of fused-ring (bicyclic) bond motifs is 1. The number of carbonyl (C=O) groups excluding carboxylic acids is 1. The molecule has 1 aliphatic rings. The Balaban J connectivity index is 1.90. The number of nitrogen functional groups attached to an aromatic ring is 1. The van der Waals surface area contributed by atoms with Gasteiger partial charge in [0.15, 0.2) is 11.5 Å². The Morgan fingerprint density at radius 1 is 1.42 bits per heavy atom. The van der Waals surface area contributed by atoms with Gasteiger partial charge in [0.05, 0.1) is 19.4 Å². The first-order valence-corrected chi connectivity index (χ1v) is 6.21. The fraction of sp³-hybridized carbons (Fsp3) is 0.500. The van der Waals surface area contributed by atoms with E-state index in [9.17, 15) is 4.79 Å². The van der Waals surface area contributed by atoms with Crippen LogP contribution in [0.2, 0.25) is 0 Å². The topological polar surface area (TPSA) is 95.9 Å². The van der Waals surface area contributed by atoms with Gasteiger partial charge in [-0.05, 0) is 19.3 Å². The fourth-order valence-corrected chi connectivity index (χ4v) is 2.73. The Morgan fingerprint density at radius 3 is 3.05 bits per heavy atom. The summed E-state index contributed by atoms with van der Waals surface area (Å²) in [5, 5.41) is 0. The summed E-state index contributed by atoms with van der Waals surface area (Å²) in [5.41, 5.74) is 7.10. The molecule has 0 amide bonds. The molecule has 3 rings (SSSR count). The molecule has 0 bridgehead atoms. The van der Waals surface area contributed by atoms with Crippen LogP contribution in [0.3, 0.4) is 0 Å². The van der Waals surface area contributed by atoms with Crippen LogP contribution >= 0.6 is 0 Å². The van der Waals surface area contributed by atoms with Crippen molar-refractivity contribution < 1.29 is 9.53 Å². The third-order valence-electron chi connectivity index (χ3n) is 3.72. The van der Waals surface area contributed by atoms with Crippen LogP contribution in [0.1, 0.15) is 25.3 Å². The molecule has 7 heteroatoms. The van der Waals surface area contributed by atoms with Crippen molar-refractivity contribution in [3.8, 4) is 0 Å². The highest BCUT2D eigenvalue weighted by molar-refractivity contribution is 5.81. The van der Waals surface area contributed by atoms with E-state index in [-0.39, 0.29) is 17.9 Å². The summed E-state index contributed by atoms with van der Waals surface area (Å²) in [6.07, 6.45) is 5.65. The quantitative estimate of drug-likeness (QED) is 0.808. The highest BCUT2D eigenvalue weighted by atomic mass is 16.5. The van der Waals surface area contributed by atoms with E-state index in [1.165, 1.54) is 13.4 Å². The van der Waals surface area contributed by atoms with Crippen molar-refractivity contribution >= 4 is 23.0 Å². The highest BCUT2D eigenvalue weighted by Crippen LogP contribution is 2.36. The average Bonchev–Trinajstić information content (AvgIpc) is 3.04. The van der Waals surface area contributed by atoms with Gasteiger partial charge < -0.3 is 15.0 Å². The third-order valence-corrected chi connectivity index (χ3v) is 3.72. The molecule has 2 unspecified atom stereocenters. The van der Waals surface area contributed by atoms with Gasteiger partial charge in [0.2, 0.25) is 0 Å². The number of carbonyl (C=O) groups is 1. The molecule has 0 saturated heterocycles. The molecule has 7 nitrogen and oxygen atoms in total. The smallest absolute Gasteiger partial charge is 0.308 e. The zero-order valence-corrected chi connectivity index (χ0v) is 10.6. The maximum absolute atomic E-state index is 11.6. The second-order valence-corrected chi connectivity index (χ2v) is 4.77. The van der Waals surface area contributed by atoms with Crippen LogP contribution in [0, 0.1) is 5.92 Å². The molecule has 2 N–H and O–H groups in total. The summed E-state index contributed by atoms with van der Waals surface area (Å²) in [6.45, 7) is 0. The minimum atomic E-state index is -0.138. The standard InChI is InChI=1S/C12H15N5O2/c1-19-12(18)7-2-3-8(4-7)17-6-16-9-10(13)14-5-15-11(9)17/h5-8H,2-4H2,1H3,(H2,13,14,15). The number of rotatable bonds is 2. The largest absolute Gasteiger partial charge is 0.469 e. The minimum Gasteiger partial charge on any atom is -0.469 e. The van der Waals surface area contributed by atoms with Crippen molar-refractivity contribution in [2.24, 2.45) is 5.92 Å². The summed E-state index contributed by atoms with van der Waals surface area (Å²) < 4.78 is 6.78. The molecule has 2 aromatic heterocycles. The van der Waals surface area contributed by atoms with E-state index in [0.717, 1.165) is 24.9 Å². The van der Waals surface area contributed by atoms with Crippen LogP contribution in [0.4, 0.5) is 5.82 Å². The lowest BCUT2D eigenvalue weighted by Gasteiger charge is -2.12. The fourth-order valence-electron chi connectivity index (χ4n) is 2.73. The first-order chi connectivity index (χ1) is 9.20. The van der Waals surface area contributed by atoms with Crippen LogP contribution in [-0.2, 0) is 9.53 Å². The number of ether oxygens (including phenoxy) is 1. The SMILES string of the molecule is COC(=O)C1CCC(n2cnc3c(N)ncnc32)C1. The van der Waals surface area contributed by atoms with E-state index >= 15 is 0 Å². The Labute approximate surface area is 109 Å². The first-order valence-electron chi connectivity index (χ1n) is 6.21. The van der Waals surface area contributed by atoms with Crippen LogP contribution in [0.5, 0.6) is 0 Å². The summed E-state index contributed by atoms with van der Waals surface area (Å²) in [7, 11) is 1.43. The number of nitrogens with zero attached hydrogens (tertiary/aromatic N) is 4.